The SMILES string of the molecule is NC(=O)[C@H]1CCN(C(=O)[C@H]2C[C@@H]2c2ccc(Cl)cc2Cl)C1. The molecule has 0 spiro atoms. The van der Waals surface area contributed by atoms with Crippen molar-refractivity contribution in [2.75, 3.05) is 13.1 Å². The zero-order valence-corrected chi connectivity index (χ0v) is 12.9. The molecule has 2 N–H and O–H groups in total. The molecule has 1 aromatic rings. The number of hydrogen-bond acceptors (Lipinski definition) is 2. The molecule has 2 aliphatic rings. The standard InChI is InChI=1S/C15H16Cl2N2O2/c16-9-1-2-10(13(17)5-9)11-6-12(11)15(21)19-4-3-8(7-19)14(18)20/h1-2,5,8,11-12H,3-4,6-7H2,(H2,18,20)/t8-,11+,12-/m0/s1. The van der Waals surface area contributed by atoms with Gasteiger partial charge in [-0.15, -0.1) is 0 Å². The maximum Gasteiger partial charge on any atom is 0.226 e. The molecule has 1 heterocycles. The van der Waals surface area contributed by atoms with Crippen LogP contribution in [0, 0.1) is 11.8 Å². The predicted molar refractivity (Wildman–Crippen MR) is 81.2 cm³/mol. The normalized spacial score (nSPS) is 27.7. The summed E-state index contributed by atoms with van der Waals surface area (Å²) < 4.78 is 0. The number of benzene rings is 1. The highest BCUT2D eigenvalue weighted by Gasteiger charge is 2.47. The largest absolute Gasteiger partial charge is 0.369 e. The molecule has 112 valence electrons. The van der Waals surface area contributed by atoms with Crippen LogP contribution in [0.1, 0.15) is 24.3 Å². The molecule has 3 atom stereocenters. The Bertz CT molecular complexity index is 605. The lowest BCUT2D eigenvalue weighted by Gasteiger charge is -2.16. The van der Waals surface area contributed by atoms with Gasteiger partial charge in [0.15, 0.2) is 0 Å². The smallest absolute Gasteiger partial charge is 0.226 e. The second-order valence-corrected chi connectivity index (χ2v) is 6.63. The fraction of sp³-hybridized carbons (Fsp3) is 0.467. The first-order chi connectivity index (χ1) is 9.97. The predicted octanol–water partition coefficient (Wildman–Crippen LogP) is 2.43. The highest BCUT2D eigenvalue weighted by molar-refractivity contribution is 6.35. The first-order valence-electron chi connectivity index (χ1n) is 7.00. The molecule has 1 aromatic carbocycles. The van der Waals surface area contributed by atoms with E-state index in [1.54, 1.807) is 17.0 Å². The lowest BCUT2D eigenvalue weighted by Crippen LogP contribution is -2.33. The second-order valence-electron chi connectivity index (χ2n) is 5.79. The number of halogens is 2. The summed E-state index contributed by atoms with van der Waals surface area (Å²) >= 11 is 12.1. The average Bonchev–Trinajstić information content (AvgIpc) is 3.04. The van der Waals surface area contributed by atoms with Gasteiger partial charge >= 0.3 is 0 Å². The van der Waals surface area contributed by atoms with E-state index in [1.807, 2.05) is 6.07 Å². The molecular formula is C15H16Cl2N2O2. The molecular weight excluding hydrogens is 311 g/mol. The van der Waals surface area contributed by atoms with Crippen molar-refractivity contribution in [3.05, 3.63) is 33.8 Å². The molecule has 4 nitrogen and oxygen atoms in total. The van der Waals surface area contributed by atoms with Gasteiger partial charge in [0.05, 0.1) is 5.92 Å². The summed E-state index contributed by atoms with van der Waals surface area (Å²) in [6.07, 6.45) is 1.47. The highest BCUT2D eigenvalue weighted by Crippen LogP contribution is 2.51. The summed E-state index contributed by atoms with van der Waals surface area (Å²) in [5.41, 5.74) is 6.27. The molecule has 6 heteroatoms. The molecule has 2 amide bonds. The number of primary amides is 1. The Morgan fingerprint density at radius 3 is 2.67 bits per heavy atom. The molecule has 3 rings (SSSR count). The van der Waals surface area contributed by atoms with Crippen molar-refractivity contribution < 1.29 is 9.59 Å². The molecule has 21 heavy (non-hydrogen) atoms. The number of amides is 2. The number of nitrogens with zero attached hydrogens (tertiary/aromatic N) is 1. The van der Waals surface area contributed by atoms with Gasteiger partial charge in [0, 0.05) is 29.1 Å². The topological polar surface area (TPSA) is 63.4 Å². The first-order valence-corrected chi connectivity index (χ1v) is 7.76. The van der Waals surface area contributed by atoms with Gasteiger partial charge in [-0.3, -0.25) is 9.59 Å². The summed E-state index contributed by atoms with van der Waals surface area (Å²) in [6, 6.07) is 5.39. The maximum atomic E-state index is 12.4. The fourth-order valence-corrected chi connectivity index (χ4v) is 3.59. The van der Waals surface area contributed by atoms with Gasteiger partial charge in [0.2, 0.25) is 11.8 Å². The van der Waals surface area contributed by atoms with E-state index in [2.05, 4.69) is 0 Å². The Balaban J connectivity index is 1.65. The van der Waals surface area contributed by atoms with Crippen LogP contribution in [0.4, 0.5) is 0 Å². The monoisotopic (exact) mass is 326 g/mol. The summed E-state index contributed by atoms with van der Waals surface area (Å²) in [6.45, 7) is 1.07. The quantitative estimate of drug-likeness (QED) is 0.927. The van der Waals surface area contributed by atoms with E-state index in [9.17, 15) is 9.59 Å². The number of likely N-dealkylation sites (tertiary alicyclic amines) is 1. The highest BCUT2D eigenvalue weighted by atomic mass is 35.5. The molecule has 1 saturated heterocycles. The molecule has 0 aromatic heterocycles. The number of hydrogen-bond donors (Lipinski definition) is 1. The fourth-order valence-electron chi connectivity index (χ4n) is 3.04. The van der Waals surface area contributed by atoms with E-state index >= 15 is 0 Å². The van der Waals surface area contributed by atoms with Crippen LogP contribution in [0.3, 0.4) is 0 Å². The van der Waals surface area contributed by atoms with Crippen LogP contribution in [-0.4, -0.2) is 29.8 Å². The van der Waals surface area contributed by atoms with Gasteiger partial charge in [0.25, 0.3) is 0 Å². The molecule has 1 aliphatic heterocycles. The Morgan fingerprint density at radius 1 is 1.29 bits per heavy atom. The van der Waals surface area contributed by atoms with E-state index in [1.165, 1.54) is 0 Å². The number of nitrogens with two attached hydrogens (primary N) is 1. The first kappa shape index (κ1) is 14.7. The van der Waals surface area contributed by atoms with Gasteiger partial charge < -0.3 is 10.6 Å². The maximum absolute atomic E-state index is 12.4. The van der Waals surface area contributed by atoms with Crippen molar-refractivity contribution in [2.45, 2.75) is 18.8 Å². The van der Waals surface area contributed by atoms with Crippen molar-refractivity contribution >= 4 is 35.0 Å². The number of carbonyl (C=O) groups is 2. The summed E-state index contributed by atoms with van der Waals surface area (Å²) in [7, 11) is 0. The molecule has 1 saturated carbocycles. The Morgan fingerprint density at radius 2 is 2.05 bits per heavy atom. The van der Waals surface area contributed by atoms with Gasteiger partial charge in [-0.25, -0.2) is 0 Å². The van der Waals surface area contributed by atoms with Crippen LogP contribution in [0.15, 0.2) is 18.2 Å². The second kappa shape index (κ2) is 5.50. The third kappa shape index (κ3) is 2.87. The third-order valence-corrected chi connectivity index (χ3v) is 4.93. The Kier molecular flexibility index (Phi) is 3.84. The minimum atomic E-state index is -0.321. The zero-order chi connectivity index (χ0) is 15.1. The van der Waals surface area contributed by atoms with Crippen LogP contribution in [-0.2, 0) is 9.59 Å². The summed E-state index contributed by atoms with van der Waals surface area (Å²) in [4.78, 5) is 25.4. The van der Waals surface area contributed by atoms with Crippen LogP contribution < -0.4 is 5.73 Å². The molecule has 0 radical (unpaired) electrons. The van der Waals surface area contributed by atoms with Crippen molar-refractivity contribution in [1.82, 2.24) is 4.90 Å². The van der Waals surface area contributed by atoms with Gasteiger partial charge in [-0.05, 0) is 36.5 Å². The van der Waals surface area contributed by atoms with Crippen molar-refractivity contribution in [1.29, 1.82) is 0 Å². The van der Waals surface area contributed by atoms with E-state index in [4.69, 9.17) is 28.9 Å². The number of carbonyl (C=O) groups excluding carboxylic acids is 2. The van der Waals surface area contributed by atoms with Crippen LogP contribution in [0.2, 0.25) is 10.0 Å². The number of rotatable bonds is 3. The molecule has 0 unspecified atom stereocenters. The van der Waals surface area contributed by atoms with Gasteiger partial charge in [-0.1, -0.05) is 29.3 Å². The van der Waals surface area contributed by atoms with Crippen molar-refractivity contribution in [2.24, 2.45) is 17.6 Å². The lowest BCUT2D eigenvalue weighted by atomic mass is 10.1. The van der Waals surface area contributed by atoms with Crippen LogP contribution >= 0.6 is 23.2 Å². The van der Waals surface area contributed by atoms with Gasteiger partial charge in [0.1, 0.15) is 0 Å². The molecule has 1 aliphatic carbocycles. The zero-order valence-electron chi connectivity index (χ0n) is 11.4. The van der Waals surface area contributed by atoms with E-state index in [0.717, 1.165) is 12.0 Å². The summed E-state index contributed by atoms with van der Waals surface area (Å²) in [5, 5.41) is 1.20. The Hall–Kier alpha value is -1.26. The van der Waals surface area contributed by atoms with Crippen LogP contribution in [0.5, 0.6) is 0 Å². The minimum absolute atomic E-state index is 0.0321. The lowest BCUT2D eigenvalue weighted by molar-refractivity contribution is -0.131. The summed E-state index contributed by atoms with van der Waals surface area (Å²) in [5.74, 6) is -0.288. The third-order valence-electron chi connectivity index (χ3n) is 4.37. The van der Waals surface area contributed by atoms with Crippen LogP contribution in [0.25, 0.3) is 0 Å². The average molecular weight is 327 g/mol. The molecule has 0 bridgehead atoms. The van der Waals surface area contributed by atoms with E-state index < -0.39 is 0 Å². The van der Waals surface area contributed by atoms with E-state index in [-0.39, 0.29) is 29.6 Å². The Labute approximate surface area is 133 Å². The van der Waals surface area contributed by atoms with Crippen molar-refractivity contribution in [3.63, 3.8) is 0 Å². The van der Waals surface area contributed by atoms with Crippen molar-refractivity contribution in [3.8, 4) is 0 Å². The minimum Gasteiger partial charge on any atom is -0.369 e. The van der Waals surface area contributed by atoms with Gasteiger partial charge in [-0.2, -0.15) is 0 Å². The van der Waals surface area contributed by atoms with E-state index in [0.29, 0.717) is 29.6 Å². The molecule has 2 fully saturated rings.